The monoisotopic (exact) mass is 323 g/mol. The number of thioether (sulfide) groups is 1. The van der Waals surface area contributed by atoms with Crippen molar-refractivity contribution < 1.29 is 8.78 Å². The van der Waals surface area contributed by atoms with Crippen LogP contribution >= 0.6 is 11.8 Å². The minimum absolute atomic E-state index is 0.232. The van der Waals surface area contributed by atoms with Gasteiger partial charge in [-0.05, 0) is 36.4 Å². The second-order valence-electron chi connectivity index (χ2n) is 4.20. The van der Waals surface area contributed by atoms with E-state index in [4.69, 9.17) is 11.6 Å². The van der Waals surface area contributed by atoms with E-state index in [2.05, 4.69) is 16.0 Å². The third-order valence-electron chi connectivity index (χ3n) is 2.75. The van der Waals surface area contributed by atoms with Gasteiger partial charge < -0.3 is 11.1 Å². The number of nitrogens with one attached hydrogen (secondary N) is 2. The second kappa shape index (κ2) is 7.62. The predicted molar refractivity (Wildman–Crippen MR) is 86.1 cm³/mol. The van der Waals surface area contributed by atoms with Crippen LogP contribution in [-0.4, -0.2) is 11.6 Å². The first-order valence-corrected chi connectivity index (χ1v) is 7.18. The van der Waals surface area contributed by atoms with Crippen molar-refractivity contribution in [1.29, 1.82) is 0 Å². The summed E-state index contributed by atoms with van der Waals surface area (Å²) < 4.78 is 24.6. The molecule has 0 atom stereocenters. The highest BCUT2D eigenvalue weighted by Crippen LogP contribution is 2.27. The van der Waals surface area contributed by atoms with E-state index >= 15 is 0 Å². The van der Waals surface area contributed by atoms with Gasteiger partial charge in [0.1, 0.15) is 0 Å². The Kier molecular flexibility index (Phi) is 5.56. The quantitative estimate of drug-likeness (QED) is 0.216. The maximum absolute atomic E-state index is 12.3. The molecule has 0 saturated heterocycles. The highest BCUT2D eigenvalue weighted by Gasteiger charge is 2.07. The molecule has 0 aliphatic heterocycles. The van der Waals surface area contributed by atoms with Crippen molar-refractivity contribution in [3.05, 3.63) is 54.1 Å². The van der Waals surface area contributed by atoms with Gasteiger partial charge in [-0.15, -0.1) is 5.10 Å². The summed E-state index contributed by atoms with van der Waals surface area (Å²) in [6.07, 6.45) is 0. The fraction of sp³-hybridized carbons (Fsp3) is 0.0714. The van der Waals surface area contributed by atoms with Crippen LogP contribution in [0.4, 0.5) is 20.2 Å². The maximum Gasteiger partial charge on any atom is 0.288 e. The lowest BCUT2D eigenvalue weighted by Crippen LogP contribution is -2.23. The van der Waals surface area contributed by atoms with Gasteiger partial charge in [0.25, 0.3) is 5.76 Å². The number of hydrogen-bond donors (Lipinski definition) is 4. The largest absolute Gasteiger partial charge is 0.382 e. The van der Waals surface area contributed by atoms with Crippen LogP contribution in [0.1, 0.15) is 5.56 Å². The normalized spacial score (nSPS) is 11.5. The first kappa shape index (κ1) is 16.1. The van der Waals surface area contributed by atoms with Gasteiger partial charge >= 0.3 is 0 Å². The molecule has 0 aliphatic rings. The standard InChI is InChI=1S/C14H15F2N5S/c15-14(16)22-10-7-5-9(6-8-10)19-12-4-2-1-3-11(12)13(17)20-21-18/h1-8,14,19,21H,18H2,(H2,17,20). The fourth-order valence-electron chi connectivity index (χ4n) is 1.82. The number of halogens is 2. The number of hydrogen-bond acceptors (Lipinski definition) is 5. The summed E-state index contributed by atoms with van der Waals surface area (Å²) >= 11 is 0.506. The Labute approximate surface area is 130 Å². The Bertz CT molecular complexity index is 646. The molecule has 0 radical (unpaired) electrons. The first-order chi connectivity index (χ1) is 10.6. The minimum atomic E-state index is -2.43. The Balaban J connectivity index is 2.19. The van der Waals surface area contributed by atoms with E-state index in [0.29, 0.717) is 22.2 Å². The molecule has 2 aromatic carbocycles. The average molecular weight is 323 g/mol. The maximum atomic E-state index is 12.3. The van der Waals surface area contributed by atoms with Crippen LogP contribution in [-0.2, 0) is 0 Å². The molecule has 5 nitrogen and oxygen atoms in total. The molecule has 2 aromatic rings. The van der Waals surface area contributed by atoms with Crippen LogP contribution in [0.25, 0.3) is 0 Å². The van der Waals surface area contributed by atoms with Gasteiger partial charge in [-0.3, -0.25) is 0 Å². The third kappa shape index (κ3) is 4.34. The zero-order valence-corrected chi connectivity index (χ0v) is 12.3. The van der Waals surface area contributed by atoms with Crippen molar-refractivity contribution in [2.24, 2.45) is 16.7 Å². The summed E-state index contributed by atoms with van der Waals surface area (Å²) in [5.41, 5.74) is 10.1. The van der Waals surface area contributed by atoms with E-state index in [1.165, 1.54) is 0 Å². The summed E-state index contributed by atoms with van der Waals surface area (Å²) in [6.45, 7) is 0. The number of anilines is 2. The molecule has 0 unspecified atom stereocenters. The number of hydrazone groups is 1. The predicted octanol–water partition coefficient (Wildman–Crippen LogP) is 2.83. The highest BCUT2D eigenvalue weighted by atomic mass is 32.2. The summed E-state index contributed by atoms with van der Waals surface area (Å²) in [5, 5.41) is 6.91. The number of rotatable bonds is 6. The van der Waals surface area contributed by atoms with Crippen LogP contribution in [0.3, 0.4) is 0 Å². The van der Waals surface area contributed by atoms with Crippen molar-refractivity contribution >= 4 is 29.0 Å². The molecule has 116 valence electrons. The number of amidine groups is 1. The van der Waals surface area contributed by atoms with E-state index in [1.54, 1.807) is 30.3 Å². The van der Waals surface area contributed by atoms with Crippen molar-refractivity contribution in [2.45, 2.75) is 10.7 Å². The van der Waals surface area contributed by atoms with E-state index in [0.717, 1.165) is 11.4 Å². The molecule has 0 amide bonds. The van der Waals surface area contributed by atoms with Gasteiger partial charge in [0, 0.05) is 21.8 Å². The molecule has 6 N–H and O–H groups in total. The third-order valence-corrected chi connectivity index (χ3v) is 3.47. The van der Waals surface area contributed by atoms with Crippen LogP contribution < -0.4 is 22.4 Å². The SMILES string of the molecule is NN/N=C(\N)c1ccccc1Nc1ccc(SC(F)F)cc1. The minimum Gasteiger partial charge on any atom is -0.382 e. The van der Waals surface area contributed by atoms with Gasteiger partial charge in [-0.2, -0.15) is 8.78 Å². The van der Waals surface area contributed by atoms with E-state index in [1.807, 2.05) is 18.2 Å². The molecular formula is C14H15F2N5S. The molecule has 8 heteroatoms. The van der Waals surface area contributed by atoms with Crippen molar-refractivity contribution in [1.82, 2.24) is 5.53 Å². The first-order valence-electron chi connectivity index (χ1n) is 6.30. The fourth-order valence-corrected chi connectivity index (χ4v) is 2.32. The number of nitrogens with zero attached hydrogens (tertiary/aromatic N) is 1. The molecule has 22 heavy (non-hydrogen) atoms. The van der Waals surface area contributed by atoms with Crippen molar-refractivity contribution in [2.75, 3.05) is 5.32 Å². The number of hydrazine groups is 1. The topological polar surface area (TPSA) is 88.5 Å². The lowest BCUT2D eigenvalue weighted by molar-refractivity contribution is 0.252. The number of nitrogens with two attached hydrogens (primary N) is 2. The molecule has 0 heterocycles. The van der Waals surface area contributed by atoms with E-state index < -0.39 is 5.76 Å². The Hall–Kier alpha value is -2.32. The molecular weight excluding hydrogens is 308 g/mol. The van der Waals surface area contributed by atoms with Crippen LogP contribution in [0.15, 0.2) is 58.5 Å². The van der Waals surface area contributed by atoms with Crippen molar-refractivity contribution in [3.63, 3.8) is 0 Å². The summed E-state index contributed by atoms with van der Waals surface area (Å²) in [4.78, 5) is 0.502. The number of alkyl halides is 2. The van der Waals surface area contributed by atoms with Crippen LogP contribution in [0.5, 0.6) is 0 Å². The van der Waals surface area contributed by atoms with E-state index in [9.17, 15) is 8.78 Å². The number of para-hydroxylation sites is 1. The highest BCUT2D eigenvalue weighted by molar-refractivity contribution is 7.99. The van der Waals surface area contributed by atoms with E-state index in [-0.39, 0.29) is 5.84 Å². The van der Waals surface area contributed by atoms with Crippen LogP contribution in [0, 0.1) is 0 Å². The Morgan fingerprint density at radius 2 is 1.77 bits per heavy atom. The lowest BCUT2D eigenvalue weighted by Gasteiger charge is -2.12. The van der Waals surface area contributed by atoms with Gasteiger partial charge in [-0.25, -0.2) is 11.4 Å². The molecule has 0 aliphatic carbocycles. The van der Waals surface area contributed by atoms with Gasteiger partial charge in [0.05, 0.1) is 0 Å². The lowest BCUT2D eigenvalue weighted by atomic mass is 10.1. The zero-order chi connectivity index (χ0) is 15.9. The summed E-state index contributed by atoms with van der Waals surface area (Å²) in [5.74, 6) is 2.93. The van der Waals surface area contributed by atoms with Gasteiger partial charge in [0.2, 0.25) is 0 Å². The molecule has 2 rings (SSSR count). The molecule has 0 fully saturated rings. The second-order valence-corrected chi connectivity index (χ2v) is 5.26. The van der Waals surface area contributed by atoms with Gasteiger partial charge in [0.15, 0.2) is 5.84 Å². The zero-order valence-electron chi connectivity index (χ0n) is 11.5. The summed E-state index contributed by atoms with van der Waals surface area (Å²) in [6, 6.07) is 14.0. The molecule has 0 spiro atoms. The Morgan fingerprint density at radius 3 is 2.41 bits per heavy atom. The number of benzene rings is 2. The Morgan fingerprint density at radius 1 is 1.09 bits per heavy atom. The molecule has 0 bridgehead atoms. The smallest absolute Gasteiger partial charge is 0.288 e. The molecule has 0 saturated carbocycles. The summed E-state index contributed by atoms with van der Waals surface area (Å²) in [7, 11) is 0. The van der Waals surface area contributed by atoms with Crippen LogP contribution in [0.2, 0.25) is 0 Å². The van der Waals surface area contributed by atoms with Gasteiger partial charge in [-0.1, -0.05) is 23.9 Å². The molecule has 0 aromatic heterocycles. The van der Waals surface area contributed by atoms with Crippen molar-refractivity contribution in [3.8, 4) is 0 Å². The average Bonchev–Trinajstić information content (AvgIpc) is 2.49.